The highest BCUT2D eigenvalue weighted by atomic mass is 16.4. The summed E-state index contributed by atoms with van der Waals surface area (Å²) in [5.41, 5.74) is 0. The third-order valence-corrected chi connectivity index (χ3v) is 4.03. The molecule has 19 heavy (non-hydrogen) atoms. The summed E-state index contributed by atoms with van der Waals surface area (Å²) in [5, 5.41) is 9.20. The quantitative estimate of drug-likeness (QED) is 0.737. The Balaban J connectivity index is 2.65. The molecular weight excluding hydrogens is 242 g/mol. The lowest BCUT2D eigenvalue weighted by molar-refractivity contribution is -0.149. The van der Waals surface area contributed by atoms with Crippen molar-refractivity contribution in [1.29, 1.82) is 0 Å². The molecule has 4 heteroatoms. The summed E-state index contributed by atoms with van der Waals surface area (Å²) < 4.78 is 0. The molecule has 1 fully saturated rings. The van der Waals surface area contributed by atoms with Crippen LogP contribution in [0, 0.1) is 11.8 Å². The Morgan fingerprint density at radius 3 is 2.05 bits per heavy atom. The minimum atomic E-state index is -0.804. The lowest BCUT2D eigenvalue weighted by Crippen LogP contribution is -2.40. The van der Waals surface area contributed by atoms with Gasteiger partial charge >= 0.3 is 5.97 Å². The highest BCUT2D eigenvalue weighted by molar-refractivity contribution is 5.85. The molecule has 0 spiro atoms. The minimum absolute atomic E-state index is 0.0757. The van der Waals surface area contributed by atoms with Crippen LogP contribution in [0.5, 0.6) is 0 Å². The number of hydrogen-bond acceptors (Lipinski definition) is 2. The van der Waals surface area contributed by atoms with E-state index in [1.807, 2.05) is 4.90 Å². The zero-order valence-corrected chi connectivity index (χ0v) is 12.2. The maximum Gasteiger partial charge on any atom is 0.307 e. The molecule has 110 valence electrons. The zero-order valence-electron chi connectivity index (χ0n) is 12.2. The van der Waals surface area contributed by atoms with Gasteiger partial charge in [-0.3, -0.25) is 9.59 Å². The second kappa shape index (κ2) is 8.18. The highest BCUT2D eigenvalue weighted by Crippen LogP contribution is 2.33. The summed E-state index contributed by atoms with van der Waals surface area (Å²) in [6.07, 6.45) is 6.38. The van der Waals surface area contributed by atoms with Crippen LogP contribution in [-0.4, -0.2) is 35.0 Å². The number of hydrogen-bond donors (Lipinski definition) is 1. The van der Waals surface area contributed by atoms with E-state index in [1.54, 1.807) is 0 Å². The number of carboxylic acid groups (broad SMARTS) is 1. The number of unbranched alkanes of at least 4 members (excludes halogenated alkanes) is 2. The number of nitrogens with zero attached hydrogens (tertiary/aromatic N) is 1. The first-order chi connectivity index (χ1) is 9.11. The van der Waals surface area contributed by atoms with Gasteiger partial charge in [-0.1, -0.05) is 33.1 Å². The fraction of sp³-hybridized carbons (Fsp3) is 0.867. The van der Waals surface area contributed by atoms with Crippen molar-refractivity contribution in [3.8, 4) is 0 Å². The molecule has 0 aromatic rings. The topological polar surface area (TPSA) is 57.6 Å². The van der Waals surface area contributed by atoms with E-state index in [-0.39, 0.29) is 11.8 Å². The van der Waals surface area contributed by atoms with Crippen molar-refractivity contribution in [2.45, 2.75) is 58.8 Å². The molecule has 2 atom stereocenters. The minimum Gasteiger partial charge on any atom is -0.481 e. The normalized spacial score (nSPS) is 22.4. The molecule has 1 aliphatic rings. The molecule has 0 aromatic carbocycles. The third kappa shape index (κ3) is 4.51. The lowest BCUT2D eigenvalue weighted by atomic mass is 9.94. The van der Waals surface area contributed by atoms with Gasteiger partial charge < -0.3 is 10.0 Å². The first-order valence-electron chi connectivity index (χ1n) is 7.63. The number of carbonyl (C=O) groups is 2. The smallest absolute Gasteiger partial charge is 0.307 e. The Kier molecular flexibility index (Phi) is 6.89. The van der Waals surface area contributed by atoms with Crippen LogP contribution < -0.4 is 0 Å². The highest BCUT2D eigenvalue weighted by Gasteiger charge is 2.39. The van der Waals surface area contributed by atoms with Gasteiger partial charge in [0.2, 0.25) is 5.91 Å². The van der Waals surface area contributed by atoms with Crippen molar-refractivity contribution >= 4 is 11.9 Å². The van der Waals surface area contributed by atoms with E-state index < -0.39 is 11.9 Å². The summed E-state index contributed by atoms with van der Waals surface area (Å²) in [6, 6.07) is 0. The molecule has 1 saturated carbocycles. The van der Waals surface area contributed by atoms with E-state index in [9.17, 15) is 14.7 Å². The van der Waals surface area contributed by atoms with Crippen LogP contribution in [0.4, 0.5) is 0 Å². The molecule has 1 rings (SSSR count). The number of rotatable bonds is 8. The van der Waals surface area contributed by atoms with Crippen LogP contribution in [0.1, 0.15) is 58.8 Å². The largest absolute Gasteiger partial charge is 0.481 e. The van der Waals surface area contributed by atoms with Crippen molar-refractivity contribution in [3.63, 3.8) is 0 Å². The molecule has 0 unspecified atom stereocenters. The van der Waals surface area contributed by atoms with Crippen LogP contribution in [0.25, 0.3) is 0 Å². The van der Waals surface area contributed by atoms with E-state index in [2.05, 4.69) is 13.8 Å². The average molecular weight is 269 g/mol. The molecule has 0 bridgehead atoms. The van der Waals surface area contributed by atoms with Gasteiger partial charge in [-0.2, -0.15) is 0 Å². The molecule has 1 aliphatic carbocycles. The van der Waals surface area contributed by atoms with Gasteiger partial charge in [0.05, 0.1) is 11.8 Å². The molecular formula is C15H27NO3. The van der Waals surface area contributed by atoms with E-state index in [0.29, 0.717) is 6.42 Å². The first-order valence-corrected chi connectivity index (χ1v) is 7.63. The summed E-state index contributed by atoms with van der Waals surface area (Å²) in [6.45, 7) is 5.77. The molecule has 4 nitrogen and oxygen atoms in total. The third-order valence-electron chi connectivity index (χ3n) is 4.03. The number of aliphatic carboxylic acids is 1. The predicted molar refractivity (Wildman–Crippen MR) is 74.9 cm³/mol. The Morgan fingerprint density at radius 2 is 1.58 bits per heavy atom. The van der Waals surface area contributed by atoms with E-state index in [4.69, 9.17) is 0 Å². The lowest BCUT2D eigenvalue weighted by Gasteiger charge is -2.27. The first kappa shape index (κ1) is 16.0. The maximum atomic E-state index is 12.5. The molecule has 0 heterocycles. The maximum absolute atomic E-state index is 12.5. The summed E-state index contributed by atoms with van der Waals surface area (Å²) in [4.78, 5) is 25.6. The number of amides is 1. The molecule has 1 amide bonds. The van der Waals surface area contributed by atoms with Crippen LogP contribution >= 0.6 is 0 Å². The number of carbonyl (C=O) groups excluding carboxylic acids is 1. The Morgan fingerprint density at radius 1 is 1.05 bits per heavy atom. The Bertz CT molecular complexity index is 296. The fourth-order valence-electron chi connectivity index (χ4n) is 2.82. The molecule has 1 N–H and O–H groups in total. The molecule has 0 radical (unpaired) electrons. The van der Waals surface area contributed by atoms with Crippen LogP contribution in [0.15, 0.2) is 0 Å². The molecule has 0 aromatic heterocycles. The Hall–Kier alpha value is -1.06. The summed E-state index contributed by atoms with van der Waals surface area (Å²) >= 11 is 0. The monoisotopic (exact) mass is 269 g/mol. The van der Waals surface area contributed by atoms with E-state index in [1.165, 1.54) is 0 Å². The van der Waals surface area contributed by atoms with Crippen molar-refractivity contribution in [1.82, 2.24) is 4.90 Å². The summed E-state index contributed by atoms with van der Waals surface area (Å²) in [5.74, 6) is -1.47. The van der Waals surface area contributed by atoms with Crippen molar-refractivity contribution in [2.75, 3.05) is 13.1 Å². The van der Waals surface area contributed by atoms with Crippen LogP contribution in [0.3, 0.4) is 0 Å². The van der Waals surface area contributed by atoms with Crippen LogP contribution in [-0.2, 0) is 9.59 Å². The SMILES string of the molecule is CCCCN(CCCC)C(=O)[C@@H]1CCC[C@@H]1C(=O)O. The van der Waals surface area contributed by atoms with Gasteiger partial charge in [-0.15, -0.1) is 0 Å². The van der Waals surface area contributed by atoms with Gasteiger partial charge in [0.15, 0.2) is 0 Å². The predicted octanol–water partition coefficient (Wildman–Crippen LogP) is 2.92. The van der Waals surface area contributed by atoms with Gasteiger partial charge in [-0.05, 0) is 25.7 Å². The second-order valence-electron chi connectivity index (χ2n) is 5.51. The number of carboxylic acids is 1. The van der Waals surface area contributed by atoms with E-state index in [0.717, 1.165) is 51.6 Å². The van der Waals surface area contributed by atoms with E-state index >= 15 is 0 Å². The standard InChI is InChI=1S/C15H27NO3/c1-3-5-10-16(11-6-4-2)14(17)12-8-7-9-13(12)15(18)19/h12-13H,3-11H2,1-2H3,(H,18,19)/t12-,13+/m1/s1. The summed E-state index contributed by atoms with van der Waals surface area (Å²) in [7, 11) is 0. The average Bonchev–Trinajstić information content (AvgIpc) is 2.87. The Labute approximate surface area is 116 Å². The van der Waals surface area contributed by atoms with Gasteiger partial charge in [0.1, 0.15) is 0 Å². The molecule has 0 aliphatic heterocycles. The van der Waals surface area contributed by atoms with Crippen molar-refractivity contribution in [2.24, 2.45) is 11.8 Å². The van der Waals surface area contributed by atoms with Crippen molar-refractivity contribution < 1.29 is 14.7 Å². The van der Waals surface area contributed by atoms with Crippen molar-refractivity contribution in [3.05, 3.63) is 0 Å². The molecule has 0 saturated heterocycles. The van der Waals surface area contributed by atoms with Gasteiger partial charge in [-0.25, -0.2) is 0 Å². The second-order valence-corrected chi connectivity index (χ2v) is 5.51. The van der Waals surface area contributed by atoms with Gasteiger partial charge in [0, 0.05) is 13.1 Å². The zero-order chi connectivity index (χ0) is 14.3. The van der Waals surface area contributed by atoms with Gasteiger partial charge in [0.25, 0.3) is 0 Å². The fourth-order valence-corrected chi connectivity index (χ4v) is 2.82. The van der Waals surface area contributed by atoms with Crippen LogP contribution in [0.2, 0.25) is 0 Å².